The van der Waals surface area contributed by atoms with E-state index < -0.39 is 11.6 Å². The predicted octanol–water partition coefficient (Wildman–Crippen LogP) is 1.10. The Hall–Kier alpha value is -1.36. The molecule has 0 saturated carbocycles. The maximum absolute atomic E-state index is 13.1. The van der Waals surface area contributed by atoms with Crippen molar-refractivity contribution in [2.75, 3.05) is 18.5 Å². The van der Waals surface area contributed by atoms with Crippen LogP contribution < -0.4 is 15.8 Å². The lowest BCUT2D eigenvalue weighted by Crippen LogP contribution is -2.38. The van der Waals surface area contributed by atoms with Gasteiger partial charge in [0.05, 0.1) is 11.7 Å². The molecule has 1 aromatic rings. The number of fused-ring (bicyclic) bond motifs is 1. The summed E-state index contributed by atoms with van der Waals surface area (Å²) in [7, 11) is 0. The quantitative estimate of drug-likeness (QED) is 0.713. The van der Waals surface area contributed by atoms with Gasteiger partial charge in [-0.05, 0) is 0 Å². The Bertz CT molecular complexity index is 357. The SMILES string of the molecule is NCC1COc2c(F)cc(F)cc2N1. The van der Waals surface area contributed by atoms with E-state index in [0.717, 1.165) is 6.07 Å². The Morgan fingerprint density at radius 2 is 2.29 bits per heavy atom. The number of nitrogens with two attached hydrogens (primary N) is 1. The highest BCUT2D eigenvalue weighted by Crippen LogP contribution is 2.32. The first-order chi connectivity index (χ1) is 6.70. The molecule has 0 fully saturated rings. The molecule has 3 N–H and O–H groups in total. The van der Waals surface area contributed by atoms with E-state index in [1.807, 2.05) is 0 Å². The van der Waals surface area contributed by atoms with Crippen LogP contribution in [0.1, 0.15) is 0 Å². The molecular weight excluding hydrogens is 190 g/mol. The molecule has 14 heavy (non-hydrogen) atoms. The maximum Gasteiger partial charge on any atom is 0.178 e. The van der Waals surface area contributed by atoms with E-state index >= 15 is 0 Å². The summed E-state index contributed by atoms with van der Waals surface area (Å²) < 4.78 is 31.1. The van der Waals surface area contributed by atoms with Gasteiger partial charge in [0.25, 0.3) is 0 Å². The molecule has 0 amide bonds. The van der Waals surface area contributed by atoms with Crippen molar-refractivity contribution >= 4 is 5.69 Å². The summed E-state index contributed by atoms with van der Waals surface area (Å²) in [6.07, 6.45) is 0. The van der Waals surface area contributed by atoms with Crippen LogP contribution in [0.4, 0.5) is 14.5 Å². The Balaban J connectivity index is 2.37. The minimum Gasteiger partial charge on any atom is -0.486 e. The van der Waals surface area contributed by atoms with Gasteiger partial charge in [0.1, 0.15) is 12.4 Å². The number of hydrogen-bond donors (Lipinski definition) is 2. The first-order valence-corrected chi connectivity index (χ1v) is 4.29. The summed E-state index contributed by atoms with van der Waals surface area (Å²) in [5.41, 5.74) is 5.73. The third-order valence-corrected chi connectivity index (χ3v) is 2.08. The molecule has 0 radical (unpaired) electrons. The monoisotopic (exact) mass is 200 g/mol. The van der Waals surface area contributed by atoms with Gasteiger partial charge in [-0.1, -0.05) is 0 Å². The van der Waals surface area contributed by atoms with Gasteiger partial charge in [0, 0.05) is 18.7 Å². The fraction of sp³-hybridized carbons (Fsp3) is 0.333. The van der Waals surface area contributed by atoms with Crippen molar-refractivity contribution in [1.82, 2.24) is 0 Å². The summed E-state index contributed by atoms with van der Waals surface area (Å²) in [6.45, 7) is 0.656. The maximum atomic E-state index is 13.1. The van der Waals surface area contributed by atoms with Crippen LogP contribution in [0.25, 0.3) is 0 Å². The number of rotatable bonds is 1. The zero-order valence-corrected chi connectivity index (χ0v) is 7.39. The van der Waals surface area contributed by atoms with Crippen molar-refractivity contribution < 1.29 is 13.5 Å². The molecule has 0 bridgehead atoms. The molecule has 1 aliphatic heterocycles. The second-order valence-electron chi connectivity index (χ2n) is 3.15. The van der Waals surface area contributed by atoms with Gasteiger partial charge in [0.15, 0.2) is 11.6 Å². The standard InChI is InChI=1S/C9H10F2N2O/c10-5-1-7(11)9-8(2-5)13-6(3-12)4-14-9/h1-2,6,13H,3-4,12H2. The van der Waals surface area contributed by atoms with Crippen molar-refractivity contribution in [2.24, 2.45) is 5.73 Å². The Kier molecular flexibility index (Phi) is 2.25. The zero-order chi connectivity index (χ0) is 10.1. The van der Waals surface area contributed by atoms with E-state index in [1.54, 1.807) is 0 Å². The summed E-state index contributed by atoms with van der Waals surface area (Å²) >= 11 is 0. The largest absolute Gasteiger partial charge is 0.486 e. The van der Waals surface area contributed by atoms with E-state index in [2.05, 4.69) is 5.32 Å². The number of anilines is 1. The van der Waals surface area contributed by atoms with E-state index in [0.29, 0.717) is 18.8 Å². The van der Waals surface area contributed by atoms with Crippen LogP contribution in [0.5, 0.6) is 5.75 Å². The lowest BCUT2D eigenvalue weighted by Gasteiger charge is -2.26. The smallest absolute Gasteiger partial charge is 0.178 e. The second-order valence-corrected chi connectivity index (χ2v) is 3.15. The lowest BCUT2D eigenvalue weighted by atomic mass is 10.2. The molecule has 0 spiro atoms. The van der Waals surface area contributed by atoms with Crippen molar-refractivity contribution in [3.05, 3.63) is 23.8 Å². The number of benzene rings is 1. The molecule has 1 aliphatic rings. The Labute approximate surface area is 79.9 Å². The van der Waals surface area contributed by atoms with Gasteiger partial charge in [-0.3, -0.25) is 0 Å². The summed E-state index contributed by atoms with van der Waals surface area (Å²) in [5, 5.41) is 2.90. The molecule has 76 valence electrons. The fourth-order valence-electron chi connectivity index (χ4n) is 1.39. The average molecular weight is 200 g/mol. The van der Waals surface area contributed by atoms with Gasteiger partial charge in [-0.15, -0.1) is 0 Å². The van der Waals surface area contributed by atoms with Crippen molar-refractivity contribution in [3.63, 3.8) is 0 Å². The Morgan fingerprint density at radius 3 is 3.00 bits per heavy atom. The van der Waals surface area contributed by atoms with Gasteiger partial charge in [-0.2, -0.15) is 0 Å². The van der Waals surface area contributed by atoms with Gasteiger partial charge in [0.2, 0.25) is 0 Å². The third kappa shape index (κ3) is 1.50. The van der Waals surface area contributed by atoms with Crippen LogP contribution in [0.2, 0.25) is 0 Å². The fourth-order valence-corrected chi connectivity index (χ4v) is 1.39. The van der Waals surface area contributed by atoms with Crippen molar-refractivity contribution in [1.29, 1.82) is 0 Å². The molecule has 1 heterocycles. The summed E-state index contributed by atoms with van der Waals surface area (Å²) in [5.74, 6) is -1.26. The van der Waals surface area contributed by atoms with Gasteiger partial charge in [-0.25, -0.2) is 8.78 Å². The zero-order valence-electron chi connectivity index (χ0n) is 7.39. The third-order valence-electron chi connectivity index (χ3n) is 2.08. The molecule has 0 saturated heterocycles. The number of nitrogens with one attached hydrogen (secondary N) is 1. The minimum absolute atomic E-state index is 0.0658. The summed E-state index contributed by atoms with van der Waals surface area (Å²) in [6, 6.07) is 1.90. The highest BCUT2D eigenvalue weighted by molar-refractivity contribution is 5.59. The minimum atomic E-state index is -0.692. The average Bonchev–Trinajstić information content (AvgIpc) is 2.16. The molecule has 5 heteroatoms. The normalized spacial score (nSPS) is 19.5. The lowest BCUT2D eigenvalue weighted by molar-refractivity contribution is 0.272. The molecule has 2 rings (SSSR count). The topological polar surface area (TPSA) is 47.3 Å². The van der Waals surface area contributed by atoms with E-state index in [1.165, 1.54) is 6.07 Å². The summed E-state index contributed by atoms with van der Waals surface area (Å²) in [4.78, 5) is 0. The molecule has 3 nitrogen and oxygen atoms in total. The number of hydrogen-bond acceptors (Lipinski definition) is 3. The number of halogens is 2. The molecular formula is C9H10F2N2O. The molecule has 0 aliphatic carbocycles. The van der Waals surface area contributed by atoms with Crippen LogP contribution in [-0.2, 0) is 0 Å². The van der Waals surface area contributed by atoms with Crippen LogP contribution in [0.3, 0.4) is 0 Å². The highest BCUT2D eigenvalue weighted by Gasteiger charge is 2.21. The van der Waals surface area contributed by atoms with E-state index in [4.69, 9.17) is 10.5 Å². The van der Waals surface area contributed by atoms with Crippen LogP contribution in [0, 0.1) is 11.6 Å². The molecule has 1 aromatic carbocycles. The molecule has 1 atom stereocenters. The van der Waals surface area contributed by atoms with Crippen LogP contribution in [-0.4, -0.2) is 19.2 Å². The van der Waals surface area contributed by atoms with Crippen molar-refractivity contribution in [2.45, 2.75) is 6.04 Å². The van der Waals surface area contributed by atoms with Crippen LogP contribution in [0.15, 0.2) is 12.1 Å². The first-order valence-electron chi connectivity index (χ1n) is 4.29. The Morgan fingerprint density at radius 1 is 1.50 bits per heavy atom. The number of ether oxygens (including phenoxy) is 1. The predicted molar refractivity (Wildman–Crippen MR) is 48.3 cm³/mol. The highest BCUT2D eigenvalue weighted by atomic mass is 19.1. The van der Waals surface area contributed by atoms with Gasteiger partial charge < -0.3 is 15.8 Å². The van der Waals surface area contributed by atoms with E-state index in [-0.39, 0.29) is 11.8 Å². The molecule has 0 aromatic heterocycles. The van der Waals surface area contributed by atoms with E-state index in [9.17, 15) is 8.78 Å². The van der Waals surface area contributed by atoms with Gasteiger partial charge >= 0.3 is 0 Å². The van der Waals surface area contributed by atoms with Crippen molar-refractivity contribution in [3.8, 4) is 5.75 Å². The second kappa shape index (κ2) is 3.42. The van der Waals surface area contributed by atoms with Crippen LogP contribution >= 0.6 is 0 Å². The molecule has 1 unspecified atom stereocenters. The first kappa shape index (κ1) is 9.21.